The Labute approximate surface area is 175 Å². The molecule has 6 heteroatoms. The van der Waals surface area contributed by atoms with Crippen molar-refractivity contribution in [2.24, 2.45) is 0 Å². The summed E-state index contributed by atoms with van der Waals surface area (Å²) in [5.41, 5.74) is 2.46. The molecule has 152 valence electrons. The van der Waals surface area contributed by atoms with Gasteiger partial charge in [0.25, 0.3) is 0 Å². The maximum Gasteiger partial charge on any atom is 0.329 e. The van der Waals surface area contributed by atoms with Crippen molar-refractivity contribution < 1.29 is 4.79 Å². The van der Waals surface area contributed by atoms with E-state index in [1.54, 1.807) is 20.2 Å². The number of pyridine rings is 1. The number of aryl methyl sites for hydroxylation is 1. The Morgan fingerprint density at radius 2 is 1.57 bits per heavy atom. The van der Waals surface area contributed by atoms with Crippen LogP contribution in [0.4, 0.5) is 5.82 Å². The quantitative estimate of drug-likeness (QED) is 0.474. The number of rotatable bonds is 7. The van der Waals surface area contributed by atoms with Crippen LogP contribution >= 0.6 is 0 Å². The van der Waals surface area contributed by atoms with Crippen molar-refractivity contribution in [3.63, 3.8) is 0 Å². The van der Waals surface area contributed by atoms with E-state index >= 15 is 0 Å². The number of para-hydroxylation sites is 2. The molecule has 0 aliphatic carbocycles. The molecule has 0 atom stereocenters. The minimum atomic E-state index is -0.181. The summed E-state index contributed by atoms with van der Waals surface area (Å²) in [6, 6.07) is 22.9. The molecule has 1 amide bonds. The maximum atomic E-state index is 13.4. The highest BCUT2D eigenvalue weighted by Gasteiger charge is 2.21. The van der Waals surface area contributed by atoms with Crippen LogP contribution in [0.1, 0.15) is 18.9 Å². The van der Waals surface area contributed by atoms with Gasteiger partial charge in [0.1, 0.15) is 12.4 Å². The second kappa shape index (κ2) is 8.78. The highest BCUT2D eigenvalue weighted by atomic mass is 16.2. The second-order valence-electron chi connectivity index (χ2n) is 7.16. The van der Waals surface area contributed by atoms with Gasteiger partial charge in [0.2, 0.25) is 5.91 Å². The van der Waals surface area contributed by atoms with Crippen molar-refractivity contribution in [3.05, 3.63) is 95.0 Å². The van der Waals surface area contributed by atoms with E-state index in [0.717, 1.165) is 23.0 Å². The standard InChI is InChI=1S/C24H24N4O2/c1-2-16-26-20-12-6-7-13-21(20)27(24(26)30)18-23(29)28(22-14-8-9-15-25-22)17-19-10-4-3-5-11-19/h3-15H,2,16-18H2,1H3. The number of aromatic nitrogens is 3. The Morgan fingerprint density at radius 3 is 2.23 bits per heavy atom. The van der Waals surface area contributed by atoms with Gasteiger partial charge in [-0.15, -0.1) is 0 Å². The van der Waals surface area contributed by atoms with Crippen molar-refractivity contribution in [1.29, 1.82) is 0 Å². The molecule has 0 saturated carbocycles. The second-order valence-corrected chi connectivity index (χ2v) is 7.16. The van der Waals surface area contributed by atoms with E-state index in [1.165, 1.54) is 0 Å². The molecule has 0 aliphatic heterocycles. The van der Waals surface area contributed by atoms with Crippen LogP contribution < -0.4 is 10.6 Å². The number of amides is 1. The summed E-state index contributed by atoms with van der Waals surface area (Å²) < 4.78 is 3.30. The van der Waals surface area contributed by atoms with Crippen molar-refractivity contribution in [1.82, 2.24) is 14.1 Å². The van der Waals surface area contributed by atoms with Crippen LogP contribution in [-0.4, -0.2) is 20.0 Å². The lowest BCUT2D eigenvalue weighted by Gasteiger charge is -2.22. The summed E-state index contributed by atoms with van der Waals surface area (Å²) in [6.45, 7) is 3.00. The number of fused-ring (bicyclic) bond motifs is 1. The zero-order valence-corrected chi connectivity index (χ0v) is 16.9. The first-order chi connectivity index (χ1) is 14.7. The van der Waals surface area contributed by atoms with Crippen molar-refractivity contribution >= 4 is 22.8 Å². The normalized spacial score (nSPS) is 11.0. The average molecular weight is 400 g/mol. The van der Waals surface area contributed by atoms with Gasteiger partial charge in [-0.3, -0.25) is 18.8 Å². The summed E-state index contributed by atoms with van der Waals surface area (Å²) >= 11 is 0. The van der Waals surface area contributed by atoms with Gasteiger partial charge in [-0.1, -0.05) is 55.5 Å². The average Bonchev–Trinajstić information content (AvgIpc) is 3.05. The van der Waals surface area contributed by atoms with Gasteiger partial charge < -0.3 is 0 Å². The van der Waals surface area contributed by atoms with Gasteiger partial charge in [-0.2, -0.15) is 0 Å². The van der Waals surface area contributed by atoms with Crippen LogP contribution in [0.5, 0.6) is 0 Å². The molecule has 0 aliphatic rings. The molecule has 0 bridgehead atoms. The van der Waals surface area contributed by atoms with Crippen molar-refractivity contribution in [2.45, 2.75) is 33.0 Å². The number of benzene rings is 2. The largest absolute Gasteiger partial charge is 0.329 e. The van der Waals surface area contributed by atoms with Crippen LogP contribution in [-0.2, 0) is 24.4 Å². The smallest absolute Gasteiger partial charge is 0.292 e. The summed E-state index contributed by atoms with van der Waals surface area (Å²) in [5, 5.41) is 0. The Balaban J connectivity index is 1.71. The Hall–Kier alpha value is -3.67. The van der Waals surface area contributed by atoms with Crippen LogP contribution in [0.3, 0.4) is 0 Å². The van der Waals surface area contributed by atoms with E-state index in [0.29, 0.717) is 18.9 Å². The monoisotopic (exact) mass is 400 g/mol. The minimum absolute atomic E-state index is 0.0422. The first-order valence-corrected chi connectivity index (χ1v) is 10.1. The number of carbonyl (C=O) groups excluding carboxylic acids is 1. The first kappa shape index (κ1) is 19.6. The van der Waals surface area contributed by atoms with E-state index < -0.39 is 0 Å². The molecule has 2 heterocycles. The first-order valence-electron chi connectivity index (χ1n) is 10.1. The molecule has 6 nitrogen and oxygen atoms in total. The van der Waals surface area contributed by atoms with E-state index in [-0.39, 0.29) is 18.1 Å². The summed E-state index contributed by atoms with van der Waals surface area (Å²) in [6.07, 6.45) is 2.51. The van der Waals surface area contributed by atoms with Crippen molar-refractivity contribution in [3.8, 4) is 0 Å². The van der Waals surface area contributed by atoms with E-state index in [2.05, 4.69) is 4.98 Å². The zero-order chi connectivity index (χ0) is 20.9. The Kier molecular flexibility index (Phi) is 5.75. The molecule has 0 radical (unpaired) electrons. The molecule has 4 aromatic rings. The molecule has 4 rings (SSSR count). The number of nitrogens with zero attached hydrogens (tertiary/aromatic N) is 4. The van der Waals surface area contributed by atoms with Gasteiger partial charge in [0.05, 0.1) is 17.6 Å². The molecule has 0 fully saturated rings. The van der Waals surface area contributed by atoms with Gasteiger partial charge in [-0.25, -0.2) is 9.78 Å². The number of hydrogen-bond acceptors (Lipinski definition) is 3. The van der Waals surface area contributed by atoms with Crippen LogP contribution in [0.25, 0.3) is 11.0 Å². The lowest BCUT2D eigenvalue weighted by atomic mass is 10.2. The molecule has 2 aromatic heterocycles. The lowest BCUT2D eigenvalue weighted by molar-refractivity contribution is -0.119. The molecular formula is C24H24N4O2. The Morgan fingerprint density at radius 1 is 0.900 bits per heavy atom. The lowest BCUT2D eigenvalue weighted by Crippen LogP contribution is -2.37. The summed E-state index contributed by atoms with van der Waals surface area (Å²) in [4.78, 5) is 32.5. The van der Waals surface area contributed by atoms with Gasteiger partial charge in [-0.05, 0) is 36.2 Å². The molecule has 0 saturated heterocycles. The molecule has 30 heavy (non-hydrogen) atoms. The summed E-state index contributed by atoms with van der Waals surface area (Å²) in [7, 11) is 0. The number of anilines is 1. The van der Waals surface area contributed by atoms with Gasteiger partial charge >= 0.3 is 5.69 Å². The molecule has 0 spiro atoms. The topological polar surface area (TPSA) is 60.1 Å². The molecule has 0 unspecified atom stereocenters. The van der Waals surface area contributed by atoms with Crippen LogP contribution in [0, 0.1) is 0 Å². The fraction of sp³-hybridized carbons (Fsp3) is 0.208. The number of imidazole rings is 1. The van der Waals surface area contributed by atoms with Gasteiger partial charge in [0, 0.05) is 12.7 Å². The zero-order valence-electron chi connectivity index (χ0n) is 16.9. The maximum absolute atomic E-state index is 13.4. The minimum Gasteiger partial charge on any atom is -0.292 e. The third-order valence-electron chi connectivity index (χ3n) is 5.08. The molecular weight excluding hydrogens is 376 g/mol. The predicted octanol–water partition coefficient (Wildman–Crippen LogP) is 3.84. The predicted molar refractivity (Wildman–Crippen MR) is 118 cm³/mol. The number of hydrogen-bond donors (Lipinski definition) is 0. The van der Waals surface area contributed by atoms with E-state index in [1.807, 2.05) is 79.7 Å². The highest BCUT2D eigenvalue weighted by molar-refractivity contribution is 5.93. The third kappa shape index (κ3) is 3.89. The third-order valence-corrected chi connectivity index (χ3v) is 5.08. The molecule has 2 aromatic carbocycles. The Bertz CT molecular complexity index is 1200. The van der Waals surface area contributed by atoms with Gasteiger partial charge in [0.15, 0.2) is 0 Å². The highest BCUT2D eigenvalue weighted by Crippen LogP contribution is 2.17. The fourth-order valence-corrected chi connectivity index (χ4v) is 3.66. The molecule has 0 N–H and O–H groups in total. The SMILES string of the molecule is CCCn1c(=O)n(CC(=O)N(Cc2ccccc2)c2ccccn2)c2ccccc21. The summed E-state index contributed by atoms with van der Waals surface area (Å²) in [5.74, 6) is 0.385. The number of carbonyl (C=O) groups is 1. The van der Waals surface area contributed by atoms with Crippen molar-refractivity contribution in [2.75, 3.05) is 4.90 Å². The van der Waals surface area contributed by atoms with Crippen LogP contribution in [0.2, 0.25) is 0 Å². The van der Waals surface area contributed by atoms with Crippen LogP contribution in [0.15, 0.2) is 83.8 Å². The fourth-order valence-electron chi connectivity index (χ4n) is 3.66. The van der Waals surface area contributed by atoms with E-state index in [4.69, 9.17) is 0 Å². The van der Waals surface area contributed by atoms with E-state index in [9.17, 15) is 9.59 Å².